The van der Waals surface area contributed by atoms with Crippen molar-refractivity contribution in [1.82, 2.24) is 19.4 Å². The summed E-state index contributed by atoms with van der Waals surface area (Å²) in [6.07, 6.45) is 4.39. The van der Waals surface area contributed by atoms with Gasteiger partial charge in [-0.25, -0.2) is 17.2 Å². The maximum atomic E-state index is 14.1. The monoisotopic (exact) mass is 420 g/mol. The molecule has 3 aromatic rings. The molecule has 1 fully saturated rings. The number of hydrogen-bond donors (Lipinski definition) is 0. The highest BCUT2D eigenvalue weighted by Crippen LogP contribution is 2.35. The Labute approximate surface area is 166 Å². The number of sulfonamides is 1. The van der Waals surface area contributed by atoms with Crippen LogP contribution < -0.4 is 0 Å². The summed E-state index contributed by atoms with van der Waals surface area (Å²) in [7, 11) is -4.14. The minimum Gasteiger partial charge on any atom is -0.334 e. The Morgan fingerprint density at radius 1 is 1.17 bits per heavy atom. The van der Waals surface area contributed by atoms with Crippen LogP contribution in [0.2, 0.25) is 0 Å². The smallest absolute Gasteiger partial charge is 0.258 e. The molecule has 1 aromatic carbocycles. The Morgan fingerprint density at radius 2 is 1.93 bits per heavy atom. The van der Waals surface area contributed by atoms with Crippen LogP contribution in [-0.4, -0.2) is 40.9 Å². The first kappa shape index (κ1) is 19.6. The summed E-state index contributed by atoms with van der Waals surface area (Å²) in [5.41, 5.74) is -0.00705. The lowest BCUT2D eigenvalue weighted by Gasteiger charge is -2.37. The average Bonchev–Trinajstić information content (AvgIpc) is 3.20. The molecule has 29 heavy (non-hydrogen) atoms. The maximum absolute atomic E-state index is 14.1. The highest BCUT2D eigenvalue weighted by atomic mass is 32.2. The van der Waals surface area contributed by atoms with E-state index in [2.05, 4.69) is 15.1 Å². The second-order valence-corrected chi connectivity index (χ2v) is 9.14. The van der Waals surface area contributed by atoms with Crippen LogP contribution >= 0.6 is 0 Å². The Balaban J connectivity index is 1.63. The third-order valence-electron chi connectivity index (χ3n) is 5.07. The summed E-state index contributed by atoms with van der Waals surface area (Å²) in [5.74, 6) is -1.26. The number of piperidine rings is 1. The maximum Gasteiger partial charge on any atom is 0.258 e. The second-order valence-electron chi connectivity index (χ2n) is 7.24. The average molecular weight is 420 g/mol. The minimum atomic E-state index is -4.14. The van der Waals surface area contributed by atoms with E-state index in [0.717, 1.165) is 12.1 Å². The fourth-order valence-corrected chi connectivity index (χ4v) is 5.13. The Morgan fingerprint density at radius 3 is 2.66 bits per heavy atom. The van der Waals surface area contributed by atoms with Crippen molar-refractivity contribution in [3.63, 3.8) is 0 Å². The van der Waals surface area contributed by atoms with Gasteiger partial charge in [0.2, 0.25) is 10.0 Å². The fraction of sp³-hybridized carbons (Fsp3) is 0.316. The van der Waals surface area contributed by atoms with Crippen LogP contribution in [0.3, 0.4) is 0 Å². The number of aromatic nitrogens is 3. The van der Waals surface area contributed by atoms with E-state index >= 15 is 0 Å². The molecule has 7 nitrogen and oxygen atoms in total. The number of benzene rings is 1. The van der Waals surface area contributed by atoms with Crippen LogP contribution in [0.5, 0.6) is 0 Å². The summed E-state index contributed by atoms with van der Waals surface area (Å²) in [6.45, 7) is 2.13. The molecule has 10 heteroatoms. The number of pyridine rings is 1. The van der Waals surface area contributed by atoms with Crippen LogP contribution in [0.25, 0.3) is 11.5 Å². The first-order chi connectivity index (χ1) is 13.8. The first-order valence-corrected chi connectivity index (χ1v) is 10.4. The second kappa shape index (κ2) is 7.27. The van der Waals surface area contributed by atoms with Crippen LogP contribution in [0.4, 0.5) is 8.78 Å². The molecule has 3 heterocycles. The van der Waals surface area contributed by atoms with Crippen molar-refractivity contribution >= 4 is 10.0 Å². The summed E-state index contributed by atoms with van der Waals surface area (Å²) in [4.78, 5) is 7.84. The van der Waals surface area contributed by atoms with Gasteiger partial charge in [-0.3, -0.25) is 4.98 Å². The summed E-state index contributed by atoms with van der Waals surface area (Å²) in [5, 5.41) is 4.05. The molecule has 0 bridgehead atoms. The zero-order valence-electron chi connectivity index (χ0n) is 15.5. The number of nitrogens with zero attached hydrogens (tertiary/aromatic N) is 4. The van der Waals surface area contributed by atoms with Crippen LogP contribution in [0.1, 0.15) is 25.6 Å². The number of rotatable bonds is 4. The lowest BCUT2D eigenvalue weighted by Crippen LogP contribution is -2.47. The largest absolute Gasteiger partial charge is 0.334 e. The summed E-state index contributed by atoms with van der Waals surface area (Å²) >= 11 is 0. The topological polar surface area (TPSA) is 89.2 Å². The van der Waals surface area contributed by atoms with Gasteiger partial charge in [-0.15, -0.1) is 0 Å². The molecule has 0 spiro atoms. The molecule has 0 N–H and O–H groups in total. The summed E-state index contributed by atoms with van der Waals surface area (Å²) in [6, 6.07) is 5.90. The normalized spacial score (nSPS) is 20.7. The van der Waals surface area contributed by atoms with Crippen molar-refractivity contribution in [2.75, 3.05) is 13.1 Å². The van der Waals surface area contributed by atoms with Gasteiger partial charge >= 0.3 is 0 Å². The van der Waals surface area contributed by atoms with Gasteiger partial charge < -0.3 is 4.52 Å². The molecule has 0 amide bonds. The first-order valence-electron chi connectivity index (χ1n) is 8.99. The van der Waals surface area contributed by atoms with E-state index in [1.807, 2.05) is 6.92 Å². The third-order valence-corrected chi connectivity index (χ3v) is 6.94. The Kier molecular flexibility index (Phi) is 4.91. The van der Waals surface area contributed by atoms with E-state index < -0.39 is 32.0 Å². The zero-order valence-corrected chi connectivity index (χ0v) is 16.4. The van der Waals surface area contributed by atoms with Gasteiger partial charge in [0.25, 0.3) is 5.89 Å². The third kappa shape index (κ3) is 3.65. The van der Waals surface area contributed by atoms with Crippen molar-refractivity contribution in [2.45, 2.75) is 30.1 Å². The molecular formula is C19H18F2N4O3S. The van der Waals surface area contributed by atoms with Crippen LogP contribution in [-0.2, 0) is 15.4 Å². The van der Waals surface area contributed by atoms with E-state index in [-0.39, 0.29) is 13.1 Å². The molecule has 1 aliphatic heterocycles. The predicted octanol–water partition coefficient (Wildman–Crippen LogP) is 3.15. The lowest BCUT2D eigenvalue weighted by atomic mass is 9.82. The van der Waals surface area contributed by atoms with E-state index in [0.29, 0.717) is 36.2 Å². The lowest BCUT2D eigenvalue weighted by molar-refractivity contribution is 0.225. The highest BCUT2D eigenvalue weighted by molar-refractivity contribution is 7.89. The highest BCUT2D eigenvalue weighted by Gasteiger charge is 2.42. The van der Waals surface area contributed by atoms with E-state index in [1.54, 1.807) is 24.5 Å². The fourth-order valence-electron chi connectivity index (χ4n) is 3.48. The van der Waals surface area contributed by atoms with Crippen molar-refractivity contribution < 1.29 is 21.7 Å². The summed E-state index contributed by atoms with van der Waals surface area (Å²) < 4.78 is 59.8. The van der Waals surface area contributed by atoms with Gasteiger partial charge in [0.1, 0.15) is 16.5 Å². The van der Waals surface area contributed by atoms with Crippen molar-refractivity contribution in [1.29, 1.82) is 0 Å². The molecule has 1 saturated heterocycles. The number of hydrogen-bond acceptors (Lipinski definition) is 6. The Bertz CT molecular complexity index is 1140. The molecule has 4 rings (SSSR count). The molecule has 152 valence electrons. The molecule has 1 aliphatic rings. The standard InChI is InChI=1S/C19H18F2N4O3S/c1-19(18-23-17(28-24-18)13-5-8-22-9-6-13)7-2-10-25(12-19)29(26,27)16-4-3-14(20)11-15(16)21/h3-6,8-9,11H,2,7,10,12H2,1H3. The van der Waals surface area contributed by atoms with Crippen LogP contribution in [0, 0.1) is 11.6 Å². The zero-order chi connectivity index (χ0) is 20.6. The van der Waals surface area contributed by atoms with E-state index in [9.17, 15) is 17.2 Å². The SMILES string of the molecule is CC1(c2noc(-c3ccncc3)n2)CCCN(S(=O)(=O)c2ccc(F)cc2F)C1. The minimum absolute atomic E-state index is 0.0570. The van der Waals surface area contributed by atoms with Crippen molar-refractivity contribution in [3.8, 4) is 11.5 Å². The van der Waals surface area contributed by atoms with Gasteiger partial charge in [-0.2, -0.15) is 9.29 Å². The van der Waals surface area contributed by atoms with E-state index in [4.69, 9.17) is 4.52 Å². The molecule has 0 aliphatic carbocycles. The van der Waals surface area contributed by atoms with Gasteiger partial charge in [0.15, 0.2) is 5.82 Å². The Hall–Kier alpha value is -2.72. The van der Waals surface area contributed by atoms with Crippen molar-refractivity contribution in [3.05, 3.63) is 60.2 Å². The molecule has 0 saturated carbocycles. The van der Waals surface area contributed by atoms with Gasteiger partial charge in [-0.05, 0) is 37.1 Å². The van der Waals surface area contributed by atoms with Crippen LogP contribution in [0.15, 0.2) is 52.1 Å². The molecule has 1 atom stereocenters. The van der Waals surface area contributed by atoms with Gasteiger partial charge in [0, 0.05) is 42.5 Å². The molecule has 1 unspecified atom stereocenters. The molecule has 2 aromatic heterocycles. The predicted molar refractivity (Wildman–Crippen MR) is 99.2 cm³/mol. The quantitative estimate of drug-likeness (QED) is 0.644. The van der Waals surface area contributed by atoms with E-state index in [1.165, 1.54) is 4.31 Å². The van der Waals surface area contributed by atoms with Crippen molar-refractivity contribution in [2.24, 2.45) is 0 Å². The number of halogens is 2. The molecular weight excluding hydrogens is 402 g/mol. The molecule has 0 radical (unpaired) electrons. The van der Waals surface area contributed by atoms with Gasteiger partial charge in [-0.1, -0.05) is 12.1 Å². The van der Waals surface area contributed by atoms with Gasteiger partial charge in [0.05, 0.1) is 0 Å².